The summed E-state index contributed by atoms with van der Waals surface area (Å²) in [6, 6.07) is 18.6. The maximum absolute atomic E-state index is 11.8. The van der Waals surface area contributed by atoms with E-state index in [0.717, 1.165) is 23.8 Å². The predicted molar refractivity (Wildman–Crippen MR) is 77.3 cm³/mol. The Morgan fingerprint density at radius 2 is 1.32 bits per heavy atom. The molecule has 0 atom stereocenters. The molecule has 2 rings (SSSR count). The van der Waals surface area contributed by atoms with Gasteiger partial charge in [0.05, 0.1) is 0 Å². The van der Waals surface area contributed by atoms with Gasteiger partial charge in [-0.2, -0.15) is 0 Å². The monoisotopic (exact) mass is 254 g/mol. The second kappa shape index (κ2) is 8.81. The molecule has 0 spiro atoms. The van der Waals surface area contributed by atoms with Crippen LogP contribution in [-0.4, -0.2) is 12.1 Å². The first-order chi connectivity index (χ1) is 9.29. The Morgan fingerprint density at radius 1 is 0.895 bits per heavy atom. The van der Waals surface area contributed by atoms with E-state index >= 15 is 0 Å². The van der Waals surface area contributed by atoms with Gasteiger partial charge in [0.15, 0.2) is 5.78 Å². The fraction of sp³-hybridized carbons (Fsp3) is 0.176. The fourth-order valence-corrected chi connectivity index (χ4v) is 1.46. The van der Waals surface area contributed by atoms with Crippen LogP contribution < -0.4 is 0 Å². The van der Waals surface area contributed by atoms with Crippen LogP contribution in [0, 0.1) is 0 Å². The summed E-state index contributed by atoms with van der Waals surface area (Å²) in [6.07, 6.45) is 2.61. The highest BCUT2D eigenvalue weighted by Crippen LogP contribution is 2.08. The second-order valence-corrected chi connectivity index (χ2v) is 4.02. The van der Waals surface area contributed by atoms with Gasteiger partial charge in [0.2, 0.25) is 0 Å². The lowest BCUT2D eigenvalue weighted by Crippen LogP contribution is -1.99. The molecular formula is C17H18O2. The molecule has 0 aromatic heterocycles. The van der Waals surface area contributed by atoms with Crippen molar-refractivity contribution >= 4 is 12.1 Å². The molecule has 2 aromatic rings. The van der Waals surface area contributed by atoms with Crippen molar-refractivity contribution in [1.29, 1.82) is 0 Å². The molecule has 0 aliphatic carbocycles. The van der Waals surface area contributed by atoms with Crippen molar-refractivity contribution < 1.29 is 9.59 Å². The first-order valence-corrected chi connectivity index (χ1v) is 6.38. The molecule has 19 heavy (non-hydrogen) atoms. The Balaban J connectivity index is 0.000000312. The number of hydrogen-bond donors (Lipinski definition) is 0. The molecule has 0 heterocycles. The summed E-state index contributed by atoms with van der Waals surface area (Å²) in [5.74, 6) is 0.0752. The van der Waals surface area contributed by atoms with Gasteiger partial charge >= 0.3 is 0 Å². The number of benzene rings is 2. The largest absolute Gasteiger partial charge is 0.303 e. The zero-order chi connectivity index (χ0) is 13.9. The van der Waals surface area contributed by atoms with E-state index in [-0.39, 0.29) is 5.78 Å². The Labute approximate surface area is 114 Å². The Morgan fingerprint density at radius 3 is 1.58 bits per heavy atom. The molecule has 0 saturated carbocycles. The lowest BCUT2D eigenvalue weighted by molar-refractivity contribution is -0.107. The van der Waals surface area contributed by atoms with Crippen LogP contribution in [0.5, 0.6) is 0 Å². The third-order valence-electron chi connectivity index (χ3n) is 2.48. The zero-order valence-corrected chi connectivity index (χ0v) is 11.1. The number of unbranched alkanes of at least 4 members (excludes halogenated alkanes) is 1. The number of carbonyl (C=O) groups excluding carboxylic acids is 2. The summed E-state index contributed by atoms with van der Waals surface area (Å²) in [5.41, 5.74) is 1.47. The highest BCUT2D eigenvalue weighted by atomic mass is 16.1. The van der Waals surface area contributed by atoms with E-state index in [0.29, 0.717) is 6.42 Å². The van der Waals surface area contributed by atoms with Crippen LogP contribution in [0.1, 0.15) is 35.7 Å². The topological polar surface area (TPSA) is 34.1 Å². The van der Waals surface area contributed by atoms with E-state index < -0.39 is 0 Å². The van der Waals surface area contributed by atoms with Crippen molar-refractivity contribution in [2.75, 3.05) is 0 Å². The van der Waals surface area contributed by atoms with Crippen LogP contribution in [0.3, 0.4) is 0 Å². The first-order valence-electron chi connectivity index (χ1n) is 6.38. The summed E-state index contributed by atoms with van der Waals surface area (Å²) in [7, 11) is 0. The van der Waals surface area contributed by atoms with Crippen molar-refractivity contribution in [3.63, 3.8) is 0 Å². The third-order valence-corrected chi connectivity index (χ3v) is 2.48. The quantitative estimate of drug-likeness (QED) is 0.612. The lowest BCUT2D eigenvalue weighted by Gasteiger charge is -1.99. The standard InChI is InChI=1S/C13H10O.C4H8O/c14-13(11-7-3-1-4-8-11)12-9-5-2-6-10-12;1-2-3-4-5/h1-10H;4H,2-3H2,1H3. The van der Waals surface area contributed by atoms with Gasteiger partial charge in [0.25, 0.3) is 0 Å². The van der Waals surface area contributed by atoms with Crippen molar-refractivity contribution in [1.82, 2.24) is 0 Å². The van der Waals surface area contributed by atoms with Gasteiger partial charge in [-0.3, -0.25) is 4.79 Å². The molecular weight excluding hydrogens is 236 g/mol. The molecule has 0 radical (unpaired) electrons. The second-order valence-electron chi connectivity index (χ2n) is 4.02. The molecule has 98 valence electrons. The molecule has 2 heteroatoms. The molecule has 2 aromatic carbocycles. The fourth-order valence-electron chi connectivity index (χ4n) is 1.46. The van der Waals surface area contributed by atoms with Crippen LogP contribution in [0.2, 0.25) is 0 Å². The van der Waals surface area contributed by atoms with Crippen LogP contribution in [0.4, 0.5) is 0 Å². The summed E-state index contributed by atoms with van der Waals surface area (Å²) in [4.78, 5) is 21.3. The maximum atomic E-state index is 11.8. The predicted octanol–water partition coefficient (Wildman–Crippen LogP) is 3.90. The Bertz CT molecular complexity index is 448. The van der Waals surface area contributed by atoms with E-state index in [1.54, 1.807) is 0 Å². The summed E-state index contributed by atoms with van der Waals surface area (Å²) >= 11 is 0. The minimum atomic E-state index is 0.0752. The van der Waals surface area contributed by atoms with E-state index in [4.69, 9.17) is 0 Å². The summed E-state index contributed by atoms with van der Waals surface area (Å²) in [6.45, 7) is 1.98. The van der Waals surface area contributed by atoms with E-state index in [1.165, 1.54) is 0 Å². The highest BCUT2D eigenvalue weighted by molar-refractivity contribution is 6.08. The van der Waals surface area contributed by atoms with Crippen molar-refractivity contribution in [2.24, 2.45) is 0 Å². The van der Waals surface area contributed by atoms with Crippen LogP contribution in [-0.2, 0) is 4.79 Å². The van der Waals surface area contributed by atoms with Gasteiger partial charge in [-0.1, -0.05) is 67.6 Å². The maximum Gasteiger partial charge on any atom is 0.193 e. The first kappa shape index (κ1) is 14.8. The van der Waals surface area contributed by atoms with Crippen LogP contribution in [0.25, 0.3) is 0 Å². The molecule has 2 nitrogen and oxygen atoms in total. The normalized spacial score (nSPS) is 9.11. The van der Waals surface area contributed by atoms with Gasteiger partial charge < -0.3 is 4.79 Å². The number of hydrogen-bond acceptors (Lipinski definition) is 2. The molecule has 0 aliphatic heterocycles. The summed E-state index contributed by atoms with van der Waals surface area (Å²) < 4.78 is 0. The van der Waals surface area contributed by atoms with Crippen molar-refractivity contribution in [2.45, 2.75) is 19.8 Å². The van der Waals surface area contributed by atoms with E-state index in [9.17, 15) is 9.59 Å². The summed E-state index contributed by atoms with van der Waals surface area (Å²) in [5, 5.41) is 0. The molecule has 0 unspecified atom stereocenters. The van der Waals surface area contributed by atoms with Crippen molar-refractivity contribution in [3.8, 4) is 0 Å². The zero-order valence-electron chi connectivity index (χ0n) is 11.1. The van der Waals surface area contributed by atoms with Crippen LogP contribution >= 0.6 is 0 Å². The highest BCUT2D eigenvalue weighted by Gasteiger charge is 2.06. The van der Waals surface area contributed by atoms with E-state index in [2.05, 4.69) is 0 Å². The lowest BCUT2D eigenvalue weighted by atomic mass is 10.0. The molecule has 0 aliphatic rings. The van der Waals surface area contributed by atoms with Crippen molar-refractivity contribution in [3.05, 3.63) is 71.8 Å². The molecule has 0 saturated heterocycles. The molecule has 0 amide bonds. The average molecular weight is 254 g/mol. The molecule has 0 fully saturated rings. The van der Waals surface area contributed by atoms with E-state index in [1.807, 2.05) is 67.6 Å². The van der Waals surface area contributed by atoms with Gasteiger partial charge in [-0.25, -0.2) is 0 Å². The number of ketones is 1. The number of carbonyl (C=O) groups is 2. The average Bonchev–Trinajstić information content (AvgIpc) is 2.50. The number of rotatable bonds is 4. The molecule has 0 bridgehead atoms. The third kappa shape index (κ3) is 5.30. The smallest absolute Gasteiger partial charge is 0.193 e. The minimum absolute atomic E-state index is 0.0752. The van der Waals surface area contributed by atoms with Gasteiger partial charge in [0.1, 0.15) is 6.29 Å². The van der Waals surface area contributed by atoms with Gasteiger partial charge in [0, 0.05) is 17.5 Å². The molecule has 0 N–H and O–H groups in total. The Hall–Kier alpha value is -2.22. The number of aldehydes is 1. The minimum Gasteiger partial charge on any atom is -0.303 e. The van der Waals surface area contributed by atoms with Gasteiger partial charge in [-0.05, 0) is 6.42 Å². The Kier molecular flexibility index (Phi) is 6.88. The van der Waals surface area contributed by atoms with Gasteiger partial charge in [-0.15, -0.1) is 0 Å². The van der Waals surface area contributed by atoms with Crippen LogP contribution in [0.15, 0.2) is 60.7 Å². The SMILES string of the molecule is CCCC=O.O=C(c1ccccc1)c1ccccc1.